The zero-order valence-electron chi connectivity index (χ0n) is 24.6. The molecule has 1 atom stereocenters. The van der Waals surface area contributed by atoms with Crippen LogP contribution < -0.4 is 9.62 Å². The molecule has 7 nitrogen and oxygen atoms in total. The Morgan fingerprint density at radius 1 is 0.905 bits per heavy atom. The van der Waals surface area contributed by atoms with Gasteiger partial charge in [-0.05, 0) is 80.1 Å². The second-order valence-corrected chi connectivity index (χ2v) is 13.3. The molecular formula is C33H40ClN3O4S. The van der Waals surface area contributed by atoms with Crippen LogP contribution in [0.3, 0.4) is 0 Å². The van der Waals surface area contributed by atoms with Gasteiger partial charge in [0.25, 0.3) is 10.0 Å². The molecule has 0 saturated heterocycles. The molecule has 4 rings (SSSR count). The van der Waals surface area contributed by atoms with Crippen molar-refractivity contribution in [3.05, 3.63) is 94.5 Å². The number of carbonyl (C=O) groups excluding carboxylic acids is 2. The quantitative estimate of drug-likeness (QED) is 0.272. The highest BCUT2D eigenvalue weighted by Gasteiger charge is 2.35. The van der Waals surface area contributed by atoms with Crippen LogP contribution >= 0.6 is 11.6 Å². The number of para-hydroxylation sites is 1. The number of anilines is 1. The average Bonchev–Trinajstić information content (AvgIpc) is 2.98. The third-order valence-corrected chi connectivity index (χ3v) is 10.0. The van der Waals surface area contributed by atoms with Gasteiger partial charge in [-0.15, -0.1) is 0 Å². The number of carbonyl (C=O) groups is 2. The molecule has 3 aromatic carbocycles. The zero-order chi connectivity index (χ0) is 30.3. The third kappa shape index (κ3) is 7.53. The number of rotatable bonds is 11. The number of nitrogens with one attached hydrogen (secondary N) is 1. The fourth-order valence-corrected chi connectivity index (χ4v) is 7.13. The predicted molar refractivity (Wildman–Crippen MR) is 168 cm³/mol. The third-order valence-electron chi connectivity index (χ3n) is 8.00. The first-order chi connectivity index (χ1) is 20.1. The molecule has 0 radical (unpaired) electrons. The van der Waals surface area contributed by atoms with Crippen LogP contribution in [0.25, 0.3) is 0 Å². The Morgan fingerprint density at radius 3 is 2.14 bits per heavy atom. The molecule has 0 bridgehead atoms. The van der Waals surface area contributed by atoms with Crippen LogP contribution in [0.15, 0.2) is 77.7 Å². The lowest BCUT2D eigenvalue weighted by Gasteiger charge is -2.35. The highest BCUT2D eigenvalue weighted by atomic mass is 35.5. The summed E-state index contributed by atoms with van der Waals surface area (Å²) in [7, 11) is -4.15. The van der Waals surface area contributed by atoms with Gasteiger partial charge in [-0.3, -0.25) is 13.9 Å². The molecule has 1 unspecified atom stereocenters. The van der Waals surface area contributed by atoms with E-state index < -0.39 is 28.5 Å². The van der Waals surface area contributed by atoms with Crippen LogP contribution in [0, 0.1) is 13.8 Å². The van der Waals surface area contributed by atoms with Crippen LogP contribution in [0.5, 0.6) is 0 Å². The molecule has 9 heteroatoms. The summed E-state index contributed by atoms with van der Waals surface area (Å²) in [5.41, 5.74) is 2.99. The van der Waals surface area contributed by atoms with E-state index in [0.29, 0.717) is 22.7 Å². The Kier molecular flexibility index (Phi) is 10.7. The summed E-state index contributed by atoms with van der Waals surface area (Å²) in [4.78, 5) is 29.5. The van der Waals surface area contributed by atoms with Gasteiger partial charge in [0, 0.05) is 17.6 Å². The van der Waals surface area contributed by atoms with Crippen molar-refractivity contribution in [3.63, 3.8) is 0 Å². The lowest BCUT2D eigenvalue weighted by atomic mass is 9.95. The molecule has 1 aliphatic carbocycles. The van der Waals surface area contributed by atoms with E-state index in [2.05, 4.69) is 5.32 Å². The van der Waals surface area contributed by atoms with Crippen molar-refractivity contribution in [2.24, 2.45) is 0 Å². The Labute approximate surface area is 254 Å². The summed E-state index contributed by atoms with van der Waals surface area (Å²) < 4.78 is 29.2. The summed E-state index contributed by atoms with van der Waals surface area (Å²) in [6, 6.07) is 20.0. The van der Waals surface area contributed by atoms with Crippen molar-refractivity contribution in [1.29, 1.82) is 0 Å². The molecule has 1 fully saturated rings. The van der Waals surface area contributed by atoms with Crippen LogP contribution in [0.2, 0.25) is 5.02 Å². The van der Waals surface area contributed by atoms with Gasteiger partial charge < -0.3 is 10.2 Å². The normalized spacial score (nSPS) is 14.7. The van der Waals surface area contributed by atoms with E-state index in [0.717, 1.165) is 47.5 Å². The van der Waals surface area contributed by atoms with E-state index in [-0.39, 0.29) is 23.4 Å². The smallest absolute Gasteiger partial charge is 0.264 e. The van der Waals surface area contributed by atoms with Crippen molar-refractivity contribution >= 4 is 39.1 Å². The number of nitrogens with zero attached hydrogens (tertiary/aromatic N) is 2. The summed E-state index contributed by atoms with van der Waals surface area (Å²) >= 11 is 6.04. The second kappa shape index (κ2) is 14.2. The van der Waals surface area contributed by atoms with E-state index >= 15 is 0 Å². The molecule has 0 spiro atoms. The minimum atomic E-state index is -4.15. The number of hydrogen-bond acceptors (Lipinski definition) is 4. The lowest BCUT2D eigenvalue weighted by Crippen LogP contribution is -2.54. The second-order valence-electron chi connectivity index (χ2n) is 11.0. The highest BCUT2D eigenvalue weighted by Crippen LogP contribution is 2.28. The number of benzene rings is 3. The standard InChI is InChI=1S/C33H40ClN3O4S/c1-4-30(33(39)35-28-15-6-5-7-16-28)36(22-26-14-10-8-12-24(26)2)32(38)23-37(31-17-11-9-13-25(31)3)42(40,41)29-20-18-27(34)19-21-29/h8-14,17-21,28,30H,4-7,15-16,22-23H2,1-3H3,(H,35,39). The van der Waals surface area contributed by atoms with E-state index in [4.69, 9.17) is 11.6 Å². The maximum Gasteiger partial charge on any atom is 0.264 e. The van der Waals surface area contributed by atoms with E-state index in [1.165, 1.54) is 24.3 Å². The molecule has 1 saturated carbocycles. The molecular weight excluding hydrogens is 570 g/mol. The highest BCUT2D eigenvalue weighted by molar-refractivity contribution is 7.92. The fourth-order valence-electron chi connectivity index (χ4n) is 5.53. The average molecular weight is 610 g/mol. The number of halogens is 1. The molecule has 1 N–H and O–H groups in total. The summed E-state index contributed by atoms with van der Waals surface area (Å²) in [6.07, 6.45) is 5.55. The Hall–Kier alpha value is -3.36. The van der Waals surface area contributed by atoms with Gasteiger partial charge in [-0.2, -0.15) is 0 Å². The summed E-state index contributed by atoms with van der Waals surface area (Å²) in [5.74, 6) is -0.654. The van der Waals surface area contributed by atoms with Gasteiger partial charge in [0.05, 0.1) is 10.6 Å². The fraction of sp³-hybridized carbons (Fsp3) is 0.394. The van der Waals surface area contributed by atoms with Gasteiger partial charge in [0.15, 0.2) is 0 Å². The number of hydrogen-bond donors (Lipinski definition) is 1. The van der Waals surface area contributed by atoms with Crippen LogP contribution in [0.1, 0.15) is 62.1 Å². The molecule has 1 aliphatic rings. The van der Waals surface area contributed by atoms with Gasteiger partial charge in [-0.25, -0.2) is 8.42 Å². The van der Waals surface area contributed by atoms with Gasteiger partial charge in [0.1, 0.15) is 12.6 Å². The first-order valence-corrected chi connectivity index (χ1v) is 16.4. The minimum Gasteiger partial charge on any atom is -0.352 e. The van der Waals surface area contributed by atoms with Crippen molar-refractivity contribution < 1.29 is 18.0 Å². The summed E-state index contributed by atoms with van der Waals surface area (Å²) in [5, 5.41) is 3.59. The summed E-state index contributed by atoms with van der Waals surface area (Å²) in [6.45, 7) is 5.37. The number of amides is 2. The number of sulfonamides is 1. The lowest BCUT2D eigenvalue weighted by molar-refractivity contribution is -0.140. The van der Waals surface area contributed by atoms with Crippen molar-refractivity contribution in [2.75, 3.05) is 10.8 Å². The van der Waals surface area contributed by atoms with Crippen LogP contribution in [-0.2, 0) is 26.2 Å². The Balaban J connectivity index is 1.72. The Bertz CT molecular complexity index is 1490. The van der Waals surface area contributed by atoms with Crippen molar-refractivity contribution in [3.8, 4) is 0 Å². The van der Waals surface area contributed by atoms with Gasteiger partial charge in [-0.1, -0.05) is 80.3 Å². The van der Waals surface area contributed by atoms with E-state index in [1.807, 2.05) is 57.2 Å². The van der Waals surface area contributed by atoms with Gasteiger partial charge in [0.2, 0.25) is 11.8 Å². The van der Waals surface area contributed by atoms with Crippen molar-refractivity contribution in [2.45, 2.75) is 82.8 Å². The SMILES string of the molecule is CCC(C(=O)NC1CCCCC1)N(Cc1ccccc1C)C(=O)CN(c1ccccc1C)S(=O)(=O)c1ccc(Cl)cc1. The van der Waals surface area contributed by atoms with Crippen LogP contribution in [0.4, 0.5) is 5.69 Å². The molecule has 42 heavy (non-hydrogen) atoms. The largest absolute Gasteiger partial charge is 0.352 e. The van der Waals surface area contributed by atoms with Crippen LogP contribution in [-0.4, -0.2) is 43.8 Å². The predicted octanol–water partition coefficient (Wildman–Crippen LogP) is 6.41. The monoisotopic (exact) mass is 609 g/mol. The van der Waals surface area contributed by atoms with E-state index in [9.17, 15) is 18.0 Å². The molecule has 3 aromatic rings. The topological polar surface area (TPSA) is 86.8 Å². The first kappa shape index (κ1) is 31.6. The molecule has 2 amide bonds. The molecule has 0 aromatic heterocycles. The van der Waals surface area contributed by atoms with Crippen molar-refractivity contribution in [1.82, 2.24) is 10.2 Å². The first-order valence-electron chi connectivity index (χ1n) is 14.6. The van der Waals surface area contributed by atoms with E-state index in [1.54, 1.807) is 17.0 Å². The Morgan fingerprint density at radius 2 is 1.52 bits per heavy atom. The maximum absolute atomic E-state index is 14.3. The molecule has 0 heterocycles. The minimum absolute atomic E-state index is 0.0236. The maximum atomic E-state index is 14.3. The number of aryl methyl sites for hydroxylation is 2. The zero-order valence-corrected chi connectivity index (χ0v) is 26.1. The molecule has 0 aliphatic heterocycles. The molecule has 224 valence electrons. The van der Waals surface area contributed by atoms with Gasteiger partial charge >= 0.3 is 0 Å².